The Morgan fingerprint density at radius 3 is 2.31 bits per heavy atom. The molecule has 2 amide bonds. The number of piperazine rings is 1. The van der Waals surface area contributed by atoms with Crippen molar-refractivity contribution in [2.24, 2.45) is 0 Å². The zero-order valence-electron chi connectivity index (χ0n) is 19.0. The van der Waals surface area contributed by atoms with Gasteiger partial charge in [0, 0.05) is 5.69 Å². The molecule has 6 nitrogen and oxygen atoms in total. The van der Waals surface area contributed by atoms with Crippen molar-refractivity contribution in [1.29, 1.82) is 0 Å². The Balaban J connectivity index is 1.32. The first-order valence-corrected chi connectivity index (χ1v) is 11.9. The van der Waals surface area contributed by atoms with Gasteiger partial charge in [0.05, 0.1) is 44.9 Å². The quantitative estimate of drug-likeness (QED) is 0.485. The summed E-state index contributed by atoms with van der Waals surface area (Å²) < 4.78 is 5.79. The van der Waals surface area contributed by atoms with Crippen molar-refractivity contribution in [3.05, 3.63) is 54.6 Å². The molecule has 6 heteroatoms. The average molecular weight is 437 g/mol. The van der Waals surface area contributed by atoms with Gasteiger partial charge in [-0.25, -0.2) is 4.90 Å². The zero-order chi connectivity index (χ0) is 22.3. The third kappa shape index (κ3) is 5.13. The van der Waals surface area contributed by atoms with E-state index in [-0.39, 0.29) is 24.3 Å². The lowest BCUT2D eigenvalue weighted by atomic mass is 10.1. The summed E-state index contributed by atoms with van der Waals surface area (Å²) in [5.41, 5.74) is 1.86. The van der Waals surface area contributed by atoms with Gasteiger partial charge in [-0.3, -0.25) is 9.59 Å². The van der Waals surface area contributed by atoms with Gasteiger partial charge in [-0.05, 0) is 42.8 Å². The predicted molar refractivity (Wildman–Crippen MR) is 126 cm³/mol. The van der Waals surface area contributed by atoms with Gasteiger partial charge in [-0.1, -0.05) is 44.4 Å². The number of ether oxygens (including phenoxy) is 1. The third-order valence-corrected chi connectivity index (χ3v) is 6.53. The van der Waals surface area contributed by atoms with Crippen LogP contribution in [0.5, 0.6) is 5.75 Å². The highest BCUT2D eigenvalue weighted by atomic mass is 16.5. The molecule has 2 aliphatic heterocycles. The molecule has 0 saturated carbocycles. The van der Waals surface area contributed by atoms with Crippen molar-refractivity contribution in [3.8, 4) is 5.75 Å². The van der Waals surface area contributed by atoms with Crippen LogP contribution in [0.3, 0.4) is 0 Å². The van der Waals surface area contributed by atoms with E-state index in [1.54, 1.807) is 0 Å². The van der Waals surface area contributed by atoms with E-state index in [4.69, 9.17) is 4.74 Å². The highest BCUT2D eigenvalue weighted by Gasteiger charge is 2.46. The highest BCUT2D eigenvalue weighted by molar-refractivity contribution is 6.21. The number of carbonyl (C=O) groups is 2. The lowest BCUT2D eigenvalue weighted by Gasteiger charge is -2.35. The minimum absolute atomic E-state index is 0.0774. The number of hydrogen-bond donors (Lipinski definition) is 1. The Morgan fingerprint density at radius 2 is 1.62 bits per heavy atom. The maximum atomic E-state index is 13.2. The molecule has 0 spiro atoms. The number of imide groups is 1. The number of hydrogen-bond acceptors (Lipinski definition) is 4. The van der Waals surface area contributed by atoms with Crippen LogP contribution in [0.15, 0.2) is 54.6 Å². The molecule has 0 radical (unpaired) electrons. The van der Waals surface area contributed by atoms with Gasteiger partial charge in [0.1, 0.15) is 5.75 Å². The fourth-order valence-electron chi connectivity index (χ4n) is 4.67. The molecule has 1 N–H and O–H groups in total. The molecule has 2 fully saturated rings. The fourth-order valence-corrected chi connectivity index (χ4v) is 4.67. The number of rotatable bonds is 9. The second-order valence-electron chi connectivity index (χ2n) is 8.71. The molecule has 2 aromatic rings. The number of benzene rings is 2. The van der Waals surface area contributed by atoms with Gasteiger partial charge in [0.2, 0.25) is 5.91 Å². The lowest BCUT2D eigenvalue weighted by Crippen LogP contribution is -3.19. The third-order valence-electron chi connectivity index (χ3n) is 6.53. The van der Waals surface area contributed by atoms with Crippen molar-refractivity contribution >= 4 is 23.2 Å². The van der Waals surface area contributed by atoms with E-state index in [0.717, 1.165) is 38.3 Å². The van der Waals surface area contributed by atoms with Crippen molar-refractivity contribution in [2.45, 2.75) is 45.1 Å². The van der Waals surface area contributed by atoms with E-state index in [1.807, 2.05) is 42.5 Å². The molecule has 170 valence electrons. The number of anilines is 2. The van der Waals surface area contributed by atoms with Crippen LogP contribution < -0.4 is 19.4 Å². The Hall–Kier alpha value is -2.86. The van der Waals surface area contributed by atoms with Crippen LogP contribution in [0.1, 0.15) is 39.0 Å². The Labute approximate surface area is 190 Å². The number of para-hydroxylation sites is 1. The zero-order valence-corrected chi connectivity index (χ0v) is 19.0. The second-order valence-corrected chi connectivity index (χ2v) is 8.71. The van der Waals surface area contributed by atoms with Crippen molar-refractivity contribution in [3.63, 3.8) is 0 Å². The monoisotopic (exact) mass is 436 g/mol. The molecule has 2 saturated heterocycles. The Bertz CT molecular complexity index is 892. The van der Waals surface area contributed by atoms with Gasteiger partial charge in [0.15, 0.2) is 6.04 Å². The predicted octanol–water partition coefficient (Wildman–Crippen LogP) is 2.68. The SMILES string of the molecule is CCCCCCOc1ccc(N2C(=O)C[C@H]([NH+]3CCN(c4ccccc4)CC3)C2=O)cc1. The Kier molecular flexibility index (Phi) is 7.43. The molecule has 2 heterocycles. The molecule has 0 aliphatic carbocycles. The minimum atomic E-state index is -0.282. The first-order valence-electron chi connectivity index (χ1n) is 11.9. The second kappa shape index (κ2) is 10.6. The van der Waals surface area contributed by atoms with Crippen LogP contribution in [0, 0.1) is 0 Å². The molecule has 1 atom stereocenters. The molecular weight excluding hydrogens is 402 g/mol. The van der Waals surface area contributed by atoms with Gasteiger partial charge in [-0.15, -0.1) is 0 Å². The van der Waals surface area contributed by atoms with Gasteiger partial charge < -0.3 is 14.5 Å². The molecule has 4 rings (SSSR count). The maximum absolute atomic E-state index is 13.2. The number of nitrogens with zero attached hydrogens (tertiary/aromatic N) is 2. The number of nitrogens with one attached hydrogen (secondary N) is 1. The highest BCUT2D eigenvalue weighted by Crippen LogP contribution is 2.25. The van der Waals surface area contributed by atoms with Crippen LogP contribution in [0.2, 0.25) is 0 Å². The van der Waals surface area contributed by atoms with Crippen molar-refractivity contribution in [2.75, 3.05) is 42.6 Å². The smallest absolute Gasteiger partial charge is 0.292 e. The van der Waals surface area contributed by atoms with E-state index < -0.39 is 0 Å². The summed E-state index contributed by atoms with van der Waals surface area (Å²) >= 11 is 0. The van der Waals surface area contributed by atoms with Gasteiger partial charge in [0.25, 0.3) is 5.91 Å². The van der Waals surface area contributed by atoms with Crippen molar-refractivity contribution < 1.29 is 19.2 Å². The summed E-state index contributed by atoms with van der Waals surface area (Å²) in [6.07, 6.45) is 4.94. The normalized spacial score (nSPS) is 19.6. The van der Waals surface area contributed by atoms with Crippen LogP contribution in [0.4, 0.5) is 11.4 Å². The number of unbranched alkanes of at least 4 members (excludes halogenated alkanes) is 3. The topological polar surface area (TPSA) is 54.3 Å². The molecule has 0 aromatic heterocycles. The number of quaternary nitrogens is 1. The summed E-state index contributed by atoms with van der Waals surface area (Å²) in [7, 11) is 0. The summed E-state index contributed by atoms with van der Waals surface area (Å²) in [6, 6.07) is 17.4. The summed E-state index contributed by atoms with van der Waals surface area (Å²) in [6.45, 7) is 6.39. The Morgan fingerprint density at radius 1 is 0.906 bits per heavy atom. The number of amides is 2. The molecule has 2 aromatic carbocycles. The van der Waals surface area contributed by atoms with E-state index in [1.165, 1.54) is 34.7 Å². The summed E-state index contributed by atoms with van der Waals surface area (Å²) in [5.74, 6) is 0.598. The van der Waals surface area contributed by atoms with Crippen LogP contribution in [0.25, 0.3) is 0 Å². The molecule has 2 aliphatic rings. The first-order chi connectivity index (χ1) is 15.7. The first kappa shape index (κ1) is 22.3. The summed E-state index contributed by atoms with van der Waals surface area (Å²) in [5, 5.41) is 0. The lowest BCUT2D eigenvalue weighted by molar-refractivity contribution is -0.915. The molecular formula is C26H34N3O3+. The minimum Gasteiger partial charge on any atom is -0.494 e. The fraction of sp³-hybridized carbons (Fsp3) is 0.462. The van der Waals surface area contributed by atoms with E-state index in [9.17, 15) is 9.59 Å². The maximum Gasteiger partial charge on any atom is 0.292 e. The van der Waals surface area contributed by atoms with E-state index >= 15 is 0 Å². The van der Waals surface area contributed by atoms with Crippen molar-refractivity contribution in [1.82, 2.24) is 0 Å². The number of carbonyl (C=O) groups excluding carboxylic acids is 2. The van der Waals surface area contributed by atoms with E-state index in [0.29, 0.717) is 12.3 Å². The standard InChI is InChI=1S/C26H33N3O3/c1-2-3-4-8-19-32-23-13-11-22(12-14-23)29-25(30)20-24(26(29)31)28-17-15-27(16-18-28)21-9-6-5-7-10-21/h5-7,9-14,24H,2-4,8,15-20H2,1H3/p+1/t24-/m0/s1. The van der Waals surface area contributed by atoms with Crippen LogP contribution >= 0.6 is 0 Å². The van der Waals surface area contributed by atoms with E-state index in [2.05, 4.69) is 24.0 Å². The largest absolute Gasteiger partial charge is 0.494 e. The molecule has 0 bridgehead atoms. The van der Waals surface area contributed by atoms with Gasteiger partial charge >= 0.3 is 0 Å². The van der Waals surface area contributed by atoms with Gasteiger partial charge in [-0.2, -0.15) is 0 Å². The van der Waals surface area contributed by atoms with Crippen LogP contribution in [-0.2, 0) is 9.59 Å². The average Bonchev–Trinajstić information content (AvgIpc) is 3.14. The van der Waals surface area contributed by atoms with Crippen LogP contribution in [-0.4, -0.2) is 50.6 Å². The summed E-state index contributed by atoms with van der Waals surface area (Å²) in [4.78, 5) is 30.8. The molecule has 32 heavy (non-hydrogen) atoms. The molecule has 0 unspecified atom stereocenters.